The third kappa shape index (κ3) is 4.29. The second kappa shape index (κ2) is 8.14. The largest absolute Gasteiger partial charge is 0.351 e. The van der Waals surface area contributed by atoms with Crippen LogP contribution in [0.3, 0.4) is 0 Å². The highest BCUT2D eigenvalue weighted by molar-refractivity contribution is 7.99. The summed E-state index contributed by atoms with van der Waals surface area (Å²) in [6, 6.07) is 14.1. The number of amides is 1. The van der Waals surface area contributed by atoms with E-state index in [1.54, 1.807) is 4.68 Å². The fourth-order valence-corrected chi connectivity index (χ4v) is 3.36. The van der Waals surface area contributed by atoms with E-state index in [1.807, 2.05) is 57.2 Å². The van der Waals surface area contributed by atoms with Crippen LogP contribution in [0.5, 0.6) is 0 Å². The highest BCUT2D eigenvalue weighted by Crippen LogP contribution is 2.21. The summed E-state index contributed by atoms with van der Waals surface area (Å²) in [5.41, 5.74) is 5.47. The molecule has 0 aliphatic rings. The maximum Gasteiger partial charge on any atom is 0.230 e. The van der Waals surface area contributed by atoms with Gasteiger partial charge >= 0.3 is 0 Å². The van der Waals surface area contributed by atoms with Gasteiger partial charge in [0.25, 0.3) is 0 Å². The molecular weight excluding hydrogens is 346 g/mol. The van der Waals surface area contributed by atoms with Gasteiger partial charge in [-0.15, -0.1) is 5.10 Å². The third-order valence-electron chi connectivity index (χ3n) is 4.09. The van der Waals surface area contributed by atoms with Crippen molar-refractivity contribution in [1.29, 1.82) is 0 Å². The molecule has 1 amide bonds. The zero-order valence-electron chi connectivity index (χ0n) is 15.1. The molecule has 0 spiro atoms. The summed E-state index contributed by atoms with van der Waals surface area (Å²) >= 11 is 1.32. The quantitative estimate of drug-likeness (QED) is 0.678. The Kier molecular flexibility index (Phi) is 5.68. The van der Waals surface area contributed by atoms with Crippen LogP contribution in [0.1, 0.15) is 22.3 Å². The molecule has 1 N–H and O–H groups in total. The van der Waals surface area contributed by atoms with Crippen molar-refractivity contribution < 1.29 is 4.79 Å². The number of thioether (sulfide) groups is 1. The van der Waals surface area contributed by atoms with Crippen molar-refractivity contribution in [2.24, 2.45) is 0 Å². The van der Waals surface area contributed by atoms with Gasteiger partial charge in [0.15, 0.2) is 0 Å². The molecule has 3 aromatic rings. The van der Waals surface area contributed by atoms with E-state index in [0.717, 1.165) is 16.8 Å². The van der Waals surface area contributed by atoms with E-state index in [0.29, 0.717) is 11.7 Å². The fourth-order valence-electron chi connectivity index (χ4n) is 2.65. The highest BCUT2D eigenvalue weighted by Gasteiger charge is 2.13. The lowest BCUT2D eigenvalue weighted by molar-refractivity contribution is -0.118. The van der Waals surface area contributed by atoms with Gasteiger partial charge in [-0.3, -0.25) is 4.79 Å². The molecule has 3 rings (SSSR count). The Labute approximate surface area is 157 Å². The zero-order valence-corrected chi connectivity index (χ0v) is 15.9. The summed E-state index contributed by atoms with van der Waals surface area (Å²) in [6.45, 7) is 6.63. The van der Waals surface area contributed by atoms with Crippen LogP contribution in [-0.4, -0.2) is 31.9 Å². The number of hydrogen-bond donors (Lipinski definition) is 1. The SMILES string of the molecule is Cc1ccc(-n2nnnc2SCC(=O)NCc2ccccc2C)c(C)c1. The van der Waals surface area contributed by atoms with Gasteiger partial charge in [-0.2, -0.15) is 4.68 Å². The van der Waals surface area contributed by atoms with Crippen LogP contribution in [0.2, 0.25) is 0 Å². The second-order valence-electron chi connectivity index (χ2n) is 6.16. The minimum absolute atomic E-state index is 0.0477. The lowest BCUT2D eigenvalue weighted by Crippen LogP contribution is -2.25. The normalized spacial score (nSPS) is 10.7. The maximum absolute atomic E-state index is 12.2. The van der Waals surface area contributed by atoms with Gasteiger partial charge < -0.3 is 5.32 Å². The second-order valence-corrected chi connectivity index (χ2v) is 7.10. The minimum Gasteiger partial charge on any atom is -0.351 e. The number of nitrogens with zero attached hydrogens (tertiary/aromatic N) is 4. The number of hydrogen-bond acceptors (Lipinski definition) is 5. The first kappa shape index (κ1) is 18.1. The Balaban J connectivity index is 1.61. The molecule has 0 atom stereocenters. The fraction of sp³-hybridized carbons (Fsp3) is 0.263. The third-order valence-corrected chi connectivity index (χ3v) is 5.01. The predicted octanol–water partition coefficient (Wildman–Crippen LogP) is 3.00. The van der Waals surface area contributed by atoms with E-state index in [9.17, 15) is 4.79 Å². The molecule has 0 saturated heterocycles. The van der Waals surface area contributed by atoms with Crippen LogP contribution >= 0.6 is 11.8 Å². The van der Waals surface area contributed by atoms with Crippen molar-refractivity contribution in [2.45, 2.75) is 32.5 Å². The van der Waals surface area contributed by atoms with Crippen molar-refractivity contribution in [3.63, 3.8) is 0 Å². The van der Waals surface area contributed by atoms with Gasteiger partial charge in [0.2, 0.25) is 11.1 Å². The van der Waals surface area contributed by atoms with E-state index >= 15 is 0 Å². The van der Waals surface area contributed by atoms with E-state index in [2.05, 4.69) is 26.9 Å². The van der Waals surface area contributed by atoms with Crippen molar-refractivity contribution in [2.75, 3.05) is 5.75 Å². The molecule has 26 heavy (non-hydrogen) atoms. The molecule has 7 heteroatoms. The molecule has 0 saturated carbocycles. The van der Waals surface area contributed by atoms with Crippen LogP contribution in [0, 0.1) is 20.8 Å². The van der Waals surface area contributed by atoms with Crippen LogP contribution in [0.15, 0.2) is 47.6 Å². The maximum atomic E-state index is 12.2. The summed E-state index contributed by atoms with van der Waals surface area (Å²) in [6.07, 6.45) is 0. The van der Waals surface area contributed by atoms with Crippen LogP contribution < -0.4 is 5.32 Å². The minimum atomic E-state index is -0.0477. The predicted molar refractivity (Wildman–Crippen MR) is 102 cm³/mol. The molecule has 2 aromatic carbocycles. The van der Waals surface area contributed by atoms with E-state index in [-0.39, 0.29) is 11.7 Å². The number of tetrazole rings is 1. The average Bonchev–Trinajstić information content (AvgIpc) is 3.07. The van der Waals surface area contributed by atoms with E-state index < -0.39 is 0 Å². The lowest BCUT2D eigenvalue weighted by Gasteiger charge is -2.09. The number of aromatic nitrogens is 4. The Bertz CT molecular complexity index is 922. The van der Waals surface area contributed by atoms with Crippen LogP contribution in [0.4, 0.5) is 0 Å². The monoisotopic (exact) mass is 367 g/mol. The Morgan fingerprint density at radius 3 is 2.69 bits per heavy atom. The summed E-state index contributed by atoms with van der Waals surface area (Å²) in [5.74, 6) is 0.213. The van der Waals surface area contributed by atoms with Gasteiger partial charge in [-0.05, 0) is 54.0 Å². The Morgan fingerprint density at radius 2 is 1.92 bits per heavy atom. The molecule has 0 aliphatic heterocycles. The molecular formula is C19H21N5OS. The van der Waals surface area contributed by atoms with Crippen LogP contribution in [-0.2, 0) is 11.3 Å². The van der Waals surface area contributed by atoms with Gasteiger partial charge in [0.05, 0.1) is 11.4 Å². The lowest BCUT2D eigenvalue weighted by atomic mass is 10.1. The smallest absolute Gasteiger partial charge is 0.230 e. The van der Waals surface area contributed by atoms with Gasteiger partial charge in [0.1, 0.15) is 0 Å². The molecule has 1 heterocycles. The average molecular weight is 367 g/mol. The number of nitrogens with one attached hydrogen (secondary N) is 1. The number of rotatable bonds is 6. The molecule has 0 bridgehead atoms. The van der Waals surface area contributed by atoms with Gasteiger partial charge in [-0.25, -0.2) is 0 Å². The van der Waals surface area contributed by atoms with Crippen LogP contribution in [0.25, 0.3) is 5.69 Å². The first-order valence-electron chi connectivity index (χ1n) is 8.34. The molecule has 0 fully saturated rings. The first-order valence-corrected chi connectivity index (χ1v) is 9.33. The molecule has 6 nitrogen and oxygen atoms in total. The number of benzene rings is 2. The Morgan fingerprint density at radius 1 is 1.12 bits per heavy atom. The molecule has 0 unspecified atom stereocenters. The standard InChI is InChI=1S/C19H21N5OS/c1-13-8-9-17(15(3)10-13)24-19(21-22-23-24)26-12-18(25)20-11-16-7-5-4-6-14(16)2/h4-10H,11-12H2,1-3H3,(H,20,25). The van der Waals surface area contributed by atoms with Crippen molar-refractivity contribution in [1.82, 2.24) is 25.5 Å². The molecule has 0 radical (unpaired) electrons. The van der Waals surface area contributed by atoms with Crippen molar-refractivity contribution in [3.8, 4) is 5.69 Å². The summed E-state index contributed by atoms with van der Waals surface area (Å²) in [7, 11) is 0. The molecule has 134 valence electrons. The Hall–Kier alpha value is -2.67. The van der Waals surface area contributed by atoms with Crippen molar-refractivity contribution >= 4 is 17.7 Å². The van der Waals surface area contributed by atoms with E-state index in [1.165, 1.54) is 22.9 Å². The first-order chi connectivity index (χ1) is 12.5. The number of carbonyl (C=O) groups is 1. The summed E-state index contributed by atoms with van der Waals surface area (Å²) in [4.78, 5) is 12.2. The van der Waals surface area contributed by atoms with Gasteiger partial charge in [0, 0.05) is 6.54 Å². The molecule has 1 aromatic heterocycles. The topological polar surface area (TPSA) is 72.7 Å². The van der Waals surface area contributed by atoms with E-state index in [4.69, 9.17) is 0 Å². The highest BCUT2D eigenvalue weighted by atomic mass is 32.2. The van der Waals surface area contributed by atoms with Crippen molar-refractivity contribution in [3.05, 3.63) is 64.7 Å². The zero-order chi connectivity index (χ0) is 18.5. The number of carbonyl (C=O) groups excluding carboxylic acids is 1. The summed E-state index contributed by atoms with van der Waals surface area (Å²) in [5, 5.41) is 15.4. The molecule has 0 aliphatic carbocycles. The van der Waals surface area contributed by atoms with Gasteiger partial charge in [-0.1, -0.05) is 53.7 Å². The summed E-state index contributed by atoms with van der Waals surface area (Å²) < 4.78 is 1.67. The number of aryl methyl sites for hydroxylation is 3.